The highest BCUT2D eigenvalue weighted by molar-refractivity contribution is 7.15. The molecular formula is C29H29ClN4O2S. The Morgan fingerprint density at radius 1 is 1.11 bits per heavy atom. The number of thiophene rings is 1. The SMILES string of the molecule is COc1ccc(C)cc1NC(=O)N1Cc2c(sc3c2CCN(C)C3)-n2cccc2[C@H]1c1cccc(Cl)c1. The van der Waals surface area contributed by atoms with Crippen LogP contribution in [0.15, 0.2) is 60.8 Å². The first-order chi connectivity index (χ1) is 17.9. The minimum atomic E-state index is -0.314. The fraction of sp³-hybridized carbons (Fsp3) is 0.276. The summed E-state index contributed by atoms with van der Waals surface area (Å²) in [6.45, 7) is 4.46. The molecule has 0 saturated carbocycles. The van der Waals surface area contributed by atoms with Crippen molar-refractivity contribution in [1.29, 1.82) is 0 Å². The number of nitrogens with zero attached hydrogens (tertiary/aromatic N) is 3. The van der Waals surface area contributed by atoms with Gasteiger partial charge < -0.3 is 24.4 Å². The minimum absolute atomic E-state index is 0.178. The average molecular weight is 533 g/mol. The van der Waals surface area contributed by atoms with Crippen LogP contribution >= 0.6 is 22.9 Å². The lowest BCUT2D eigenvalue weighted by atomic mass is 10.0. The second-order valence-electron chi connectivity index (χ2n) is 9.80. The first-order valence-corrected chi connectivity index (χ1v) is 13.6. The third kappa shape index (κ3) is 4.31. The Labute approximate surface area is 226 Å². The molecule has 0 saturated heterocycles. The van der Waals surface area contributed by atoms with Gasteiger partial charge >= 0.3 is 6.03 Å². The zero-order valence-electron chi connectivity index (χ0n) is 21.1. The first-order valence-electron chi connectivity index (χ1n) is 12.4. The number of hydrogen-bond acceptors (Lipinski definition) is 4. The number of ether oxygens (including phenoxy) is 1. The van der Waals surface area contributed by atoms with Crippen LogP contribution in [0, 0.1) is 6.92 Å². The summed E-state index contributed by atoms with van der Waals surface area (Å²) in [5, 5.41) is 5.02. The van der Waals surface area contributed by atoms with Crippen molar-refractivity contribution in [1.82, 2.24) is 14.4 Å². The molecule has 0 unspecified atom stereocenters. The number of anilines is 1. The quantitative estimate of drug-likeness (QED) is 0.322. The van der Waals surface area contributed by atoms with Crippen LogP contribution in [0.25, 0.3) is 5.00 Å². The monoisotopic (exact) mass is 532 g/mol. The summed E-state index contributed by atoms with van der Waals surface area (Å²) in [5.74, 6) is 0.632. The summed E-state index contributed by atoms with van der Waals surface area (Å²) in [7, 11) is 3.79. The molecule has 2 aliphatic heterocycles. The molecule has 6 rings (SSSR count). The molecule has 2 aromatic carbocycles. The number of fused-ring (bicyclic) bond motifs is 5. The van der Waals surface area contributed by atoms with Crippen LogP contribution in [0.1, 0.15) is 38.9 Å². The maximum absolute atomic E-state index is 14.2. The first kappa shape index (κ1) is 24.1. The second-order valence-corrected chi connectivity index (χ2v) is 11.3. The molecule has 1 N–H and O–H groups in total. The van der Waals surface area contributed by atoms with Crippen LogP contribution < -0.4 is 10.1 Å². The lowest BCUT2D eigenvalue weighted by Crippen LogP contribution is -2.38. The smallest absolute Gasteiger partial charge is 0.323 e. The van der Waals surface area contributed by atoms with Gasteiger partial charge in [-0.05, 0) is 73.5 Å². The van der Waals surface area contributed by atoms with E-state index >= 15 is 0 Å². The van der Waals surface area contributed by atoms with E-state index in [2.05, 4.69) is 40.2 Å². The molecule has 4 heterocycles. The summed E-state index contributed by atoms with van der Waals surface area (Å²) in [6, 6.07) is 17.3. The predicted octanol–water partition coefficient (Wildman–Crippen LogP) is 6.63. The van der Waals surface area contributed by atoms with Gasteiger partial charge in [-0.15, -0.1) is 11.3 Å². The number of halogens is 1. The molecule has 0 spiro atoms. The topological polar surface area (TPSA) is 49.7 Å². The number of benzene rings is 2. The van der Waals surface area contributed by atoms with Crippen LogP contribution in [-0.2, 0) is 19.5 Å². The minimum Gasteiger partial charge on any atom is -0.495 e. The number of carbonyl (C=O) groups excluding carboxylic acids is 1. The average Bonchev–Trinajstić information content (AvgIpc) is 3.45. The van der Waals surface area contributed by atoms with Crippen molar-refractivity contribution in [3.63, 3.8) is 0 Å². The van der Waals surface area contributed by atoms with E-state index in [1.165, 1.54) is 21.0 Å². The number of carbonyl (C=O) groups is 1. The molecule has 4 aromatic rings. The number of likely N-dealkylation sites (N-methyl/N-ethyl adjacent to an activating group) is 1. The van der Waals surface area contributed by atoms with Gasteiger partial charge in [-0.3, -0.25) is 0 Å². The standard InChI is InChI=1S/C29H29ClN4O2S/c1-18-9-10-25(36-3)23(14-18)31-29(35)34-16-22-21-11-13-32(2)17-26(21)37-28(22)33-12-5-8-24(33)27(34)19-6-4-7-20(30)15-19/h4-10,12,14-15,27H,11,13,16-17H2,1-3H3,(H,31,35)/t27-/m1/s1. The Balaban J connectivity index is 1.50. The van der Waals surface area contributed by atoms with E-state index < -0.39 is 0 Å². The molecule has 6 nitrogen and oxygen atoms in total. The molecule has 0 radical (unpaired) electrons. The zero-order valence-corrected chi connectivity index (χ0v) is 22.7. The lowest BCUT2D eigenvalue weighted by Gasteiger charge is -2.32. The Hall–Kier alpha value is -3.26. The molecule has 2 aliphatic rings. The normalized spacial score (nSPS) is 17.0. The molecule has 1 atom stereocenters. The van der Waals surface area contributed by atoms with Gasteiger partial charge in [-0.2, -0.15) is 0 Å². The number of aryl methyl sites for hydroxylation is 1. The van der Waals surface area contributed by atoms with Crippen molar-refractivity contribution in [3.05, 3.63) is 98.6 Å². The summed E-state index contributed by atoms with van der Waals surface area (Å²) < 4.78 is 7.82. The molecule has 37 heavy (non-hydrogen) atoms. The fourth-order valence-electron chi connectivity index (χ4n) is 5.49. The maximum atomic E-state index is 14.2. The lowest BCUT2D eigenvalue weighted by molar-refractivity contribution is 0.194. The van der Waals surface area contributed by atoms with Gasteiger partial charge in [-0.25, -0.2) is 4.79 Å². The van der Waals surface area contributed by atoms with E-state index in [9.17, 15) is 4.79 Å². The van der Waals surface area contributed by atoms with E-state index in [1.807, 2.05) is 65.6 Å². The number of aromatic nitrogens is 1. The van der Waals surface area contributed by atoms with E-state index in [-0.39, 0.29) is 12.1 Å². The summed E-state index contributed by atoms with van der Waals surface area (Å²) in [4.78, 5) is 19.9. The van der Waals surface area contributed by atoms with Crippen LogP contribution in [0.5, 0.6) is 5.75 Å². The van der Waals surface area contributed by atoms with E-state index in [1.54, 1.807) is 7.11 Å². The van der Waals surface area contributed by atoms with Crippen molar-refractivity contribution < 1.29 is 9.53 Å². The van der Waals surface area contributed by atoms with Crippen LogP contribution in [0.2, 0.25) is 5.02 Å². The van der Waals surface area contributed by atoms with Gasteiger partial charge in [0.15, 0.2) is 0 Å². The zero-order chi connectivity index (χ0) is 25.7. The Bertz CT molecular complexity index is 1490. The summed E-state index contributed by atoms with van der Waals surface area (Å²) >= 11 is 8.30. The van der Waals surface area contributed by atoms with Crippen LogP contribution in [0.3, 0.4) is 0 Å². The number of methoxy groups -OCH3 is 1. The Kier molecular flexibility index (Phi) is 6.23. The summed E-state index contributed by atoms with van der Waals surface area (Å²) in [6.07, 6.45) is 3.10. The Morgan fingerprint density at radius 3 is 2.78 bits per heavy atom. The number of rotatable bonds is 3. The second kappa shape index (κ2) is 9.56. The highest BCUT2D eigenvalue weighted by atomic mass is 35.5. The van der Waals surface area contributed by atoms with Crippen molar-refractivity contribution in [2.24, 2.45) is 0 Å². The molecule has 2 amide bonds. The van der Waals surface area contributed by atoms with Gasteiger partial charge in [0.1, 0.15) is 10.8 Å². The maximum Gasteiger partial charge on any atom is 0.323 e. The molecule has 0 aliphatic carbocycles. The Morgan fingerprint density at radius 2 is 1.97 bits per heavy atom. The van der Waals surface area contributed by atoms with Crippen LogP contribution in [0.4, 0.5) is 10.5 Å². The number of hydrogen-bond donors (Lipinski definition) is 1. The van der Waals surface area contributed by atoms with Gasteiger partial charge in [0.2, 0.25) is 0 Å². The van der Waals surface area contributed by atoms with E-state index in [4.69, 9.17) is 16.3 Å². The fourth-order valence-corrected chi connectivity index (χ4v) is 7.13. The third-order valence-corrected chi connectivity index (χ3v) is 8.77. The van der Waals surface area contributed by atoms with Crippen molar-refractivity contribution in [2.75, 3.05) is 26.0 Å². The molecule has 2 aromatic heterocycles. The van der Waals surface area contributed by atoms with Crippen molar-refractivity contribution in [3.8, 4) is 10.8 Å². The molecule has 0 fully saturated rings. The van der Waals surface area contributed by atoms with Gasteiger partial charge in [0.05, 0.1) is 31.1 Å². The van der Waals surface area contributed by atoms with Crippen molar-refractivity contribution >= 4 is 34.7 Å². The molecule has 8 heteroatoms. The van der Waals surface area contributed by atoms with Crippen molar-refractivity contribution in [2.45, 2.75) is 32.5 Å². The van der Waals surface area contributed by atoms with Gasteiger partial charge in [0, 0.05) is 34.7 Å². The van der Waals surface area contributed by atoms with Gasteiger partial charge in [-0.1, -0.05) is 29.8 Å². The summed E-state index contributed by atoms with van der Waals surface area (Å²) in [5.41, 5.74) is 6.34. The molecule has 0 bridgehead atoms. The van der Waals surface area contributed by atoms with E-state index in [0.717, 1.165) is 36.3 Å². The largest absolute Gasteiger partial charge is 0.495 e. The van der Waals surface area contributed by atoms with E-state index in [0.29, 0.717) is 23.0 Å². The number of urea groups is 1. The predicted molar refractivity (Wildman–Crippen MR) is 149 cm³/mol. The number of amides is 2. The van der Waals surface area contributed by atoms with Gasteiger partial charge in [0.25, 0.3) is 0 Å². The van der Waals surface area contributed by atoms with Crippen LogP contribution in [-0.4, -0.2) is 41.1 Å². The highest BCUT2D eigenvalue weighted by Crippen LogP contribution is 2.44. The highest BCUT2D eigenvalue weighted by Gasteiger charge is 2.36. The third-order valence-electron chi connectivity index (χ3n) is 7.28. The molecule has 190 valence electrons. The molecular weight excluding hydrogens is 504 g/mol. The number of nitrogens with one attached hydrogen (secondary N) is 1.